The summed E-state index contributed by atoms with van der Waals surface area (Å²) in [5.41, 5.74) is -1.24. The van der Waals surface area contributed by atoms with E-state index in [0.29, 0.717) is 18.4 Å². The maximum Gasteiger partial charge on any atom is 0.433 e. The molecule has 0 atom stereocenters. The van der Waals surface area contributed by atoms with Crippen molar-refractivity contribution in [2.75, 3.05) is 18.0 Å². The topological polar surface area (TPSA) is 63.9 Å². The van der Waals surface area contributed by atoms with E-state index in [9.17, 15) is 18.0 Å². The number of fused-ring (bicyclic) bond motifs is 1. The van der Waals surface area contributed by atoms with Gasteiger partial charge in [0.2, 0.25) is 5.95 Å². The number of pyridine rings is 2. The number of alkyl halides is 3. The highest BCUT2D eigenvalue weighted by Gasteiger charge is 2.32. The predicted octanol–water partition coefficient (Wildman–Crippen LogP) is 3.12. The molecule has 1 aliphatic rings. The van der Waals surface area contributed by atoms with Crippen molar-refractivity contribution in [2.24, 2.45) is 5.92 Å². The third kappa shape index (κ3) is 3.69. The van der Waals surface area contributed by atoms with Crippen LogP contribution in [0.15, 0.2) is 47.7 Å². The Balaban J connectivity index is 1.48. The molecule has 9 heteroatoms. The molecule has 0 amide bonds. The van der Waals surface area contributed by atoms with Crippen LogP contribution >= 0.6 is 0 Å². The molecule has 3 aromatic rings. The molecule has 0 unspecified atom stereocenters. The monoisotopic (exact) mass is 389 g/mol. The van der Waals surface area contributed by atoms with Crippen LogP contribution in [0.4, 0.5) is 19.1 Å². The van der Waals surface area contributed by atoms with Crippen LogP contribution in [0.1, 0.15) is 18.5 Å². The molecular formula is C19H18F3N5O. The minimum absolute atomic E-state index is 0.0621. The third-order valence-electron chi connectivity index (χ3n) is 5.02. The molecule has 0 bridgehead atoms. The van der Waals surface area contributed by atoms with Crippen molar-refractivity contribution in [3.05, 3.63) is 58.9 Å². The van der Waals surface area contributed by atoms with Crippen molar-refractivity contribution in [2.45, 2.75) is 25.6 Å². The minimum atomic E-state index is -4.53. The number of anilines is 1. The van der Waals surface area contributed by atoms with E-state index in [1.54, 1.807) is 23.0 Å². The summed E-state index contributed by atoms with van der Waals surface area (Å²) in [4.78, 5) is 26.9. The quantitative estimate of drug-likeness (QED) is 0.689. The van der Waals surface area contributed by atoms with Crippen LogP contribution in [0.5, 0.6) is 0 Å². The van der Waals surface area contributed by atoms with E-state index in [-0.39, 0.29) is 16.5 Å². The molecule has 0 aromatic carbocycles. The molecule has 0 saturated carbocycles. The van der Waals surface area contributed by atoms with Gasteiger partial charge < -0.3 is 9.47 Å². The van der Waals surface area contributed by atoms with Crippen LogP contribution in [-0.4, -0.2) is 32.6 Å². The highest BCUT2D eigenvalue weighted by molar-refractivity contribution is 5.77. The number of hydrogen-bond acceptors (Lipinski definition) is 5. The maximum atomic E-state index is 12.8. The molecule has 146 valence electrons. The van der Waals surface area contributed by atoms with E-state index in [2.05, 4.69) is 19.9 Å². The van der Waals surface area contributed by atoms with Gasteiger partial charge >= 0.3 is 6.18 Å². The zero-order chi connectivity index (χ0) is 19.7. The molecule has 6 nitrogen and oxygen atoms in total. The Hall–Kier alpha value is -2.97. The number of halogens is 3. The van der Waals surface area contributed by atoms with E-state index in [1.807, 2.05) is 0 Å². The molecule has 1 fully saturated rings. The van der Waals surface area contributed by atoms with Gasteiger partial charge in [-0.3, -0.25) is 4.79 Å². The summed E-state index contributed by atoms with van der Waals surface area (Å²) < 4.78 is 40.0. The molecule has 1 aliphatic heterocycles. The second kappa shape index (κ2) is 7.21. The fraction of sp³-hybridized carbons (Fsp3) is 0.368. The smallest absolute Gasteiger partial charge is 0.341 e. The Morgan fingerprint density at radius 3 is 2.46 bits per heavy atom. The van der Waals surface area contributed by atoms with E-state index >= 15 is 0 Å². The first-order valence-corrected chi connectivity index (χ1v) is 9.01. The third-order valence-corrected chi connectivity index (χ3v) is 5.02. The van der Waals surface area contributed by atoms with E-state index < -0.39 is 11.9 Å². The molecule has 3 aromatic heterocycles. The fourth-order valence-corrected chi connectivity index (χ4v) is 3.52. The minimum Gasteiger partial charge on any atom is -0.341 e. The molecule has 4 rings (SSSR count). The Bertz CT molecular complexity index is 1030. The fourth-order valence-electron chi connectivity index (χ4n) is 3.52. The molecule has 28 heavy (non-hydrogen) atoms. The highest BCUT2D eigenvalue weighted by atomic mass is 19.4. The first-order valence-electron chi connectivity index (χ1n) is 9.01. The highest BCUT2D eigenvalue weighted by Crippen LogP contribution is 2.28. The summed E-state index contributed by atoms with van der Waals surface area (Å²) >= 11 is 0. The number of rotatable bonds is 3. The normalized spacial score (nSPS) is 15.9. The lowest BCUT2D eigenvalue weighted by atomic mass is 9.97. The molecule has 0 spiro atoms. The van der Waals surface area contributed by atoms with Crippen LogP contribution < -0.4 is 10.5 Å². The van der Waals surface area contributed by atoms with Crippen LogP contribution in [-0.2, 0) is 12.7 Å². The lowest BCUT2D eigenvalue weighted by molar-refractivity contribution is -0.140. The Morgan fingerprint density at radius 1 is 1.07 bits per heavy atom. The van der Waals surface area contributed by atoms with Gasteiger partial charge in [-0.25, -0.2) is 15.0 Å². The van der Waals surface area contributed by atoms with Crippen molar-refractivity contribution < 1.29 is 13.2 Å². The SMILES string of the molecule is O=c1c2ccc(C(F)(F)F)nc2ccn1CC1CCN(c2ncccn2)CC1. The largest absolute Gasteiger partial charge is 0.433 e. The summed E-state index contributed by atoms with van der Waals surface area (Å²) in [5, 5.41) is 0.200. The van der Waals surface area contributed by atoms with Gasteiger partial charge in [0.15, 0.2) is 0 Å². The van der Waals surface area contributed by atoms with Crippen LogP contribution in [0.2, 0.25) is 0 Å². The molecular weight excluding hydrogens is 371 g/mol. The molecule has 4 heterocycles. The van der Waals surface area contributed by atoms with Gasteiger partial charge in [0.1, 0.15) is 5.69 Å². The second-order valence-electron chi connectivity index (χ2n) is 6.88. The molecule has 0 radical (unpaired) electrons. The van der Waals surface area contributed by atoms with Crippen molar-refractivity contribution >= 4 is 16.9 Å². The predicted molar refractivity (Wildman–Crippen MR) is 98.0 cm³/mol. The van der Waals surface area contributed by atoms with Crippen LogP contribution in [0.25, 0.3) is 10.9 Å². The van der Waals surface area contributed by atoms with Gasteiger partial charge in [-0.2, -0.15) is 13.2 Å². The van der Waals surface area contributed by atoms with Gasteiger partial charge in [0.25, 0.3) is 5.56 Å². The second-order valence-corrected chi connectivity index (χ2v) is 6.88. The summed E-state index contributed by atoms with van der Waals surface area (Å²) in [7, 11) is 0. The maximum absolute atomic E-state index is 12.8. The average molecular weight is 389 g/mol. The van der Waals surface area contributed by atoms with Gasteiger partial charge in [-0.05, 0) is 43.0 Å². The van der Waals surface area contributed by atoms with E-state index in [1.165, 1.54) is 18.3 Å². The Kier molecular flexibility index (Phi) is 4.74. The van der Waals surface area contributed by atoms with Crippen molar-refractivity contribution in [3.63, 3.8) is 0 Å². The number of hydrogen-bond donors (Lipinski definition) is 0. The number of nitrogens with zero attached hydrogens (tertiary/aromatic N) is 5. The summed E-state index contributed by atoms with van der Waals surface area (Å²) in [5.74, 6) is 1.01. The molecule has 1 saturated heterocycles. The van der Waals surface area contributed by atoms with Gasteiger partial charge in [-0.1, -0.05) is 0 Å². The molecule has 0 aliphatic carbocycles. The first-order chi connectivity index (χ1) is 13.4. The summed E-state index contributed by atoms with van der Waals surface area (Å²) in [6.45, 7) is 2.13. The van der Waals surface area contributed by atoms with E-state index in [0.717, 1.165) is 32.0 Å². The van der Waals surface area contributed by atoms with Crippen molar-refractivity contribution in [3.8, 4) is 0 Å². The summed E-state index contributed by atoms with van der Waals surface area (Å²) in [6.07, 6.45) is 2.19. The van der Waals surface area contributed by atoms with Crippen LogP contribution in [0, 0.1) is 5.92 Å². The van der Waals surface area contributed by atoms with E-state index in [4.69, 9.17) is 0 Å². The molecule has 0 N–H and O–H groups in total. The first kappa shape index (κ1) is 18.4. The number of aromatic nitrogens is 4. The average Bonchev–Trinajstić information content (AvgIpc) is 2.70. The van der Waals surface area contributed by atoms with Crippen molar-refractivity contribution in [1.82, 2.24) is 19.5 Å². The van der Waals surface area contributed by atoms with Crippen LogP contribution in [0.3, 0.4) is 0 Å². The zero-order valence-corrected chi connectivity index (χ0v) is 14.9. The lowest BCUT2D eigenvalue weighted by Crippen LogP contribution is -2.37. The lowest BCUT2D eigenvalue weighted by Gasteiger charge is -2.32. The number of piperidine rings is 1. The Morgan fingerprint density at radius 2 is 1.79 bits per heavy atom. The standard InChI is InChI=1S/C19H18F3N5O/c20-19(21,22)16-3-2-14-15(25-16)6-11-27(17(14)28)12-13-4-9-26(10-5-13)18-23-7-1-8-24-18/h1-3,6-8,11,13H,4-5,9-10,12H2. The van der Waals surface area contributed by atoms with Gasteiger partial charge in [0, 0.05) is 38.2 Å². The van der Waals surface area contributed by atoms with Crippen molar-refractivity contribution in [1.29, 1.82) is 0 Å². The van der Waals surface area contributed by atoms with Gasteiger partial charge in [0.05, 0.1) is 10.9 Å². The summed E-state index contributed by atoms with van der Waals surface area (Å²) in [6, 6.07) is 5.31. The van der Waals surface area contributed by atoms with Gasteiger partial charge in [-0.15, -0.1) is 0 Å². The zero-order valence-electron chi connectivity index (χ0n) is 14.9. The Labute approximate surface area is 158 Å².